The van der Waals surface area contributed by atoms with Crippen LogP contribution in [0.2, 0.25) is 0 Å². The molecule has 2 N–H and O–H groups in total. The lowest BCUT2D eigenvalue weighted by atomic mass is 9.87. The van der Waals surface area contributed by atoms with Crippen LogP contribution in [0.3, 0.4) is 0 Å². The Morgan fingerprint density at radius 3 is 2.64 bits per heavy atom. The molecule has 0 heterocycles. The zero-order valence-corrected chi connectivity index (χ0v) is 9.09. The van der Waals surface area contributed by atoms with Gasteiger partial charge >= 0.3 is 0 Å². The van der Waals surface area contributed by atoms with E-state index in [1.165, 1.54) is 24.0 Å². The molecule has 0 amide bonds. The molecule has 1 nitrogen and oxygen atoms in total. The van der Waals surface area contributed by atoms with Gasteiger partial charge in [-0.25, -0.2) is 0 Å². The van der Waals surface area contributed by atoms with Crippen molar-refractivity contribution in [1.82, 2.24) is 0 Å². The molecule has 0 radical (unpaired) electrons. The number of hydrogen-bond acceptors (Lipinski definition) is 1. The zero-order chi connectivity index (χ0) is 10.2. The molecule has 0 aliphatic heterocycles. The van der Waals surface area contributed by atoms with Crippen LogP contribution in [0.1, 0.15) is 30.9 Å². The van der Waals surface area contributed by atoms with Gasteiger partial charge in [0.2, 0.25) is 0 Å². The van der Waals surface area contributed by atoms with Gasteiger partial charge in [0.25, 0.3) is 0 Å². The Hall–Kier alpha value is -0.820. The van der Waals surface area contributed by atoms with Gasteiger partial charge in [0, 0.05) is 0 Å². The zero-order valence-electron chi connectivity index (χ0n) is 9.09. The predicted octanol–water partition coefficient (Wildman–Crippen LogP) is 2.62. The van der Waals surface area contributed by atoms with Crippen molar-refractivity contribution in [2.24, 2.45) is 11.7 Å². The van der Waals surface area contributed by atoms with Gasteiger partial charge in [-0.05, 0) is 48.8 Å². The van der Waals surface area contributed by atoms with Crippen molar-refractivity contribution in [3.63, 3.8) is 0 Å². The molecule has 0 aromatic heterocycles. The maximum Gasteiger partial charge on any atom is -0.000300 e. The fourth-order valence-electron chi connectivity index (χ4n) is 2.77. The van der Waals surface area contributed by atoms with Gasteiger partial charge in [0.1, 0.15) is 0 Å². The van der Waals surface area contributed by atoms with E-state index >= 15 is 0 Å². The molecule has 0 spiro atoms. The number of hydrogen-bond donors (Lipinski definition) is 1. The third-order valence-corrected chi connectivity index (χ3v) is 3.83. The van der Waals surface area contributed by atoms with Gasteiger partial charge in [0.15, 0.2) is 0 Å². The second-order valence-electron chi connectivity index (χ2n) is 4.46. The molecule has 76 valence electrons. The quantitative estimate of drug-likeness (QED) is 0.777. The number of benzene rings is 1. The highest BCUT2D eigenvalue weighted by Crippen LogP contribution is 2.56. The third-order valence-electron chi connectivity index (χ3n) is 3.83. The van der Waals surface area contributed by atoms with E-state index in [1.807, 2.05) is 0 Å². The Labute approximate surface area is 86.3 Å². The van der Waals surface area contributed by atoms with Crippen molar-refractivity contribution in [2.75, 3.05) is 6.54 Å². The van der Waals surface area contributed by atoms with Crippen LogP contribution in [0.4, 0.5) is 0 Å². The summed E-state index contributed by atoms with van der Waals surface area (Å²) in [4.78, 5) is 0. The average Bonchev–Trinajstić information content (AvgIpc) is 2.93. The highest BCUT2D eigenvalue weighted by Gasteiger charge is 2.53. The lowest BCUT2D eigenvalue weighted by Crippen LogP contribution is -2.15. The Morgan fingerprint density at radius 2 is 2.14 bits per heavy atom. The molecule has 1 fully saturated rings. The summed E-state index contributed by atoms with van der Waals surface area (Å²) >= 11 is 0. The Bertz CT molecular complexity index is 332. The molecule has 1 aliphatic rings. The van der Waals surface area contributed by atoms with Crippen LogP contribution in [-0.4, -0.2) is 6.54 Å². The summed E-state index contributed by atoms with van der Waals surface area (Å²) < 4.78 is 0. The van der Waals surface area contributed by atoms with E-state index in [9.17, 15) is 0 Å². The molecule has 1 aromatic rings. The van der Waals surface area contributed by atoms with Crippen LogP contribution < -0.4 is 5.73 Å². The molecule has 1 aromatic carbocycles. The first-order valence-corrected chi connectivity index (χ1v) is 5.50. The largest absolute Gasteiger partial charge is 0.330 e. The van der Waals surface area contributed by atoms with Crippen LogP contribution in [0.5, 0.6) is 0 Å². The SMILES string of the molecule is CCC1(c2ccccc2C)C[C@H]1CN. The molecule has 2 rings (SSSR count). The van der Waals surface area contributed by atoms with Crippen molar-refractivity contribution in [3.05, 3.63) is 35.4 Å². The Kier molecular flexibility index (Phi) is 2.36. The fraction of sp³-hybridized carbons (Fsp3) is 0.538. The summed E-state index contributed by atoms with van der Waals surface area (Å²) in [6, 6.07) is 8.74. The van der Waals surface area contributed by atoms with Crippen LogP contribution in [0.25, 0.3) is 0 Å². The second kappa shape index (κ2) is 3.39. The lowest BCUT2D eigenvalue weighted by Gasteiger charge is -2.17. The summed E-state index contributed by atoms with van der Waals surface area (Å²) in [5, 5.41) is 0. The van der Waals surface area contributed by atoms with Gasteiger partial charge in [-0.15, -0.1) is 0 Å². The van der Waals surface area contributed by atoms with E-state index in [4.69, 9.17) is 5.73 Å². The van der Waals surface area contributed by atoms with Crippen molar-refractivity contribution < 1.29 is 0 Å². The van der Waals surface area contributed by atoms with E-state index in [2.05, 4.69) is 38.1 Å². The minimum absolute atomic E-state index is 0.417. The van der Waals surface area contributed by atoms with E-state index in [-0.39, 0.29) is 0 Å². The van der Waals surface area contributed by atoms with Crippen LogP contribution >= 0.6 is 0 Å². The van der Waals surface area contributed by atoms with E-state index in [0.717, 1.165) is 6.54 Å². The normalized spacial score (nSPS) is 30.4. The van der Waals surface area contributed by atoms with Crippen LogP contribution in [0, 0.1) is 12.8 Å². The van der Waals surface area contributed by atoms with Crippen molar-refractivity contribution in [3.8, 4) is 0 Å². The standard InChI is InChI=1S/C13H19N/c1-3-13(8-11(13)9-14)12-7-5-4-6-10(12)2/h4-7,11H,3,8-9,14H2,1-2H3/t11-,13?/m0/s1. The maximum atomic E-state index is 5.77. The molecule has 1 aliphatic carbocycles. The van der Waals surface area contributed by atoms with Crippen molar-refractivity contribution in [1.29, 1.82) is 0 Å². The van der Waals surface area contributed by atoms with Gasteiger partial charge in [-0.1, -0.05) is 31.2 Å². The first-order chi connectivity index (χ1) is 6.74. The molecule has 0 bridgehead atoms. The molecule has 2 atom stereocenters. The van der Waals surface area contributed by atoms with E-state index in [1.54, 1.807) is 0 Å². The minimum Gasteiger partial charge on any atom is -0.330 e. The molecule has 1 heteroatoms. The molecule has 1 saturated carbocycles. The van der Waals surface area contributed by atoms with Crippen LogP contribution in [0.15, 0.2) is 24.3 Å². The third kappa shape index (κ3) is 1.27. The van der Waals surface area contributed by atoms with Gasteiger partial charge in [-0.3, -0.25) is 0 Å². The molecular weight excluding hydrogens is 170 g/mol. The summed E-state index contributed by atoms with van der Waals surface area (Å²) in [7, 11) is 0. The first kappa shape index (κ1) is 9.72. The maximum absolute atomic E-state index is 5.77. The first-order valence-electron chi connectivity index (χ1n) is 5.50. The molecule has 14 heavy (non-hydrogen) atoms. The predicted molar refractivity (Wildman–Crippen MR) is 60.3 cm³/mol. The summed E-state index contributed by atoms with van der Waals surface area (Å²) in [6.45, 7) is 5.32. The Morgan fingerprint density at radius 1 is 1.43 bits per heavy atom. The molecule has 1 unspecified atom stereocenters. The van der Waals surface area contributed by atoms with Gasteiger partial charge in [-0.2, -0.15) is 0 Å². The second-order valence-corrected chi connectivity index (χ2v) is 4.46. The molecular formula is C13H19N. The smallest absolute Gasteiger partial charge is 0.000300 e. The van der Waals surface area contributed by atoms with Crippen LogP contribution in [-0.2, 0) is 5.41 Å². The van der Waals surface area contributed by atoms with Crippen molar-refractivity contribution in [2.45, 2.75) is 32.1 Å². The average molecular weight is 189 g/mol. The summed E-state index contributed by atoms with van der Waals surface area (Å²) in [6.07, 6.45) is 2.50. The molecule has 0 saturated heterocycles. The topological polar surface area (TPSA) is 26.0 Å². The number of aryl methyl sites for hydroxylation is 1. The number of nitrogens with two attached hydrogens (primary N) is 1. The van der Waals surface area contributed by atoms with E-state index < -0.39 is 0 Å². The highest BCUT2D eigenvalue weighted by atomic mass is 14.7. The monoisotopic (exact) mass is 189 g/mol. The minimum atomic E-state index is 0.417. The lowest BCUT2D eigenvalue weighted by molar-refractivity contribution is 0.584. The summed E-state index contributed by atoms with van der Waals surface area (Å²) in [5.74, 6) is 0.716. The highest BCUT2D eigenvalue weighted by molar-refractivity contribution is 5.39. The fourth-order valence-corrected chi connectivity index (χ4v) is 2.77. The van der Waals surface area contributed by atoms with Gasteiger partial charge < -0.3 is 5.73 Å². The van der Waals surface area contributed by atoms with Crippen molar-refractivity contribution >= 4 is 0 Å². The van der Waals surface area contributed by atoms with Gasteiger partial charge in [0.05, 0.1) is 0 Å². The van der Waals surface area contributed by atoms with E-state index in [0.29, 0.717) is 11.3 Å². The Balaban J connectivity index is 2.35. The number of rotatable bonds is 3. The summed E-state index contributed by atoms with van der Waals surface area (Å²) in [5.41, 5.74) is 9.14.